The molecule has 0 amide bonds. The van der Waals surface area contributed by atoms with Crippen LogP contribution >= 0.6 is 0 Å². The van der Waals surface area contributed by atoms with E-state index in [1.165, 1.54) is 27.9 Å². The Bertz CT molecular complexity index is 847. The summed E-state index contributed by atoms with van der Waals surface area (Å²) in [5.74, 6) is 0.877. The average Bonchev–Trinajstić information content (AvgIpc) is 2.74. The molecule has 3 heteroatoms. The van der Waals surface area contributed by atoms with Crippen molar-refractivity contribution in [3.63, 3.8) is 0 Å². The van der Waals surface area contributed by atoms with Crippen LogP contribution in [0, 0.1) is 13.8 Å². The van der Waals surface area contributed by atoms with E-state index in [4.69, 9.17) is 9.47 Å². The molecular formula is C25H27NO2. The first-order valence-electron chi connectivity index (χ1n) is 9.80. The van der Waals surface area contributed by atoms with Crippen LogP contribution in [0.5, 0.6) is 5.75 Å². The second-order valence-corrected chi connectivity index (χ2v) is 7.54. The fourth-order valence-corrected chi connectivity index (χ4v) is 3.69. The summed E-state index contributed by atoms with van der Waals surface area (Å²) < 4.78 is 11.9. The SMILES string of the molecule is COc1ccc(N2C[C@@H](c3ccc(C)cc3)O[C@@H](c3ccc(C)cc3)C2)cc1. The molecule has 1 heterocycles. The number of methoxy groups -OCH3 is 1. The second kappa shape index (κ2) is 8.07. The van der Waals surface area contributed by atoms with Gasteiger partial charge in [0, 0.05) is 18.8 Å². The van der Waals surface area contributed by atoms with E-state index in [-0.39, 0.29) is 12.2 Å². The van der Waals surface area contributed by atoms with Gasteiger partial charge < -0.3 is 14.4 Å². The maximum Gasteiger partial charge on any atom is 0.119 e. The van der Waals surface area contributed by atoms with E-state index in [0.29, 0.717) is 0 Å². The molecule has 3 aromatic carbocycles. The maximum atomic E-state index is 6.57. The molecule has 1 saturated heterocycles. The van der Waals surface area contributed by atoms with Crippen molar-refractivity contribution < 1.29 is 9.47 Å². The lowest BCUT2D eigenvalue weighted by Gasteiger charge is -2.40. The van der Waals surface area contributed by atoms with Crippen molar-refractivity contribution in [1.29, 1.82) is 0 Å². The number of aryl methyl sites for hydroxylation is 2. The monoisotopic (exact) mass is 373 g/mol. The Balaban J connectivity index is 1.65. The van der Waals surface area contributed by atoms with Crippen LogP contribution in [-0.4, -0.2) is 20.2 Å². The summed E-state index contributed by atoms with van der Waals surface area (Å²) in [6.07, 6.45) is 0.0607. The van der Waals surface area contributed by atoms with Crippen LogP contribution in [0.3, 0.4) is 0 Å². The lowest BCUT2D eigenvalue weighted by molar-refractivity contribution is -0.0293. The lowest BCUT2D eigenvalue weighted by atomic mass is 10.0. The van der Waals surface area contributed by atoms with E-state index < -0.39 is 0 Å². The molecule has 0 N–H and O–H groups in total. The van der Waals surface area contributed by atoms with Gasteiger partial charge in [0.15, 0.2) is 0 Å². The Morgan fingerprint density at radius 2 is 1.18 bits per heavy atom. The van der Waals surface area contributed by atoms with Crippen LogP contribution in [-0.2, 0) is 4.74 Å². The smallest absolute Gasteiger partial charge is 0.119 e. The third-order valence-corrected chi connectivity index (χ3v) is 5.44. The largest absolute Gasteiger partial charge is 0.497 e. The molecule has 1 fully saturated rings. The molecule has 0 aliphatic carbocycles. The molecule has 0 unspecified atom stereocenters. The number of hydrogen-bond donors (Lipinski definition) is 0. The Labute approximate surface area is 167 Å². The fourth-order valence-electron chi connectivity index (χ4n) is 3.69. The van der Waals surface area contributed by atoms with Crippen LogP contribution in [0.4, 0.5) is 5.69 Å². The molecule has 2 atom stereocenters. The van der Waals surface area contributed by atoms with E-state index in [1.807, 2.05) is 12.1 Å². The fraction of sp³-hybridized carbons (Fsp3) is 0.280. The minimum atomic E-state index is 0.0303. The normalized spacial score (nSPS) is 19.5. The van der Waals surface area contributed by atoms with Gasteiger partial charge in [0.25, 0.3) is 0 Å². The Hall–Kier alpha value is -2.78. The molecular weight excluding hydrogens is 346 g/mol. The van der Waals surface area contributed by atoms with Crippen LogP contribution in [0.1, 0.15) is 34.5 Å². The Morgan fingerprint density at radius 3 is 1.61 bits per heavy atom. The molecule has 0 bridgehead atoms. The molecule has 0 radical (unpaired) electrons. The van der Waals surface area contributed by atoms with E-state index in [0.717, 1.165) is 18.8 Å². The predicted octanol–water partition coefficient (Wildman–Crippen LogP) is 5.63. The van der Waals surface area contributed by atoms with Gasteiger partial charge in [0.05, 0.1) is 7.11 Å². The zero-order valence-electron chi connectivity index (χ0n) is 16.8. The van der Waals surface area contributed by atoms with Crippen molar-refractivity contribution in [2.24, 2.45) is 0 Å². The number of morpholine rings is 1. The van der Waals surface area contributed by atoms with Crippen molar-refractivity contribution in [1.82, 2.24) is 0 Å². The van der Waals surface area contributed by atoms with Crippen LogP contribution < -0.4 is 9.64 Å². The second-order valence-electron chi connectivity index (χ2n) is 7.54. The molecule has 0 saturated carbocycles. The number of nitrogens with zero attached hydrogens (tertiary/aromatic N) is 1. The molecule has 1 aliphatic heterocycles. The van der Waals surface area contributed by atoms with Crippen LogP contribution in [0.25, 0.3) is 0 Å². The van der Waals surface area contributed by atoms with Gasteiger partial charge in [-0.15, -0.1) is 0 Å². The van der Waals surface area contributed by atoms with Crippen LogP contribution in [0.2, 0.25) is 0 Å². The summed E-state index contributed by atoms with van der Waals surface area (Å²) in [6, 6.07) is 25.7. The van der Waals surface area contributed by atoms with Gasteiger partial charge in [-0.25, -0.2) is 0 Å². The number of ether oxygens (including phenoxy) is 2. The third kappa shape index (κ3) is 4.05. The highest BCUT2D eigenvalue weighted by Crippen LogP contribution is 2.35. The van der Waals surface area contributed by atoms with Gasteiger partial charge >= 0.3 is 0 Å². The summed E-state index contributed by atoms with van der Waals surface area (Å²) in [5, 5.41) is 0. The zero-order valence-corrected chi connectivity index (χ0v) is 16.8. The standard InChI is InChI=1S/C25H27NO2/c1-18-4-8-20(9-5-18)24-16-26(22-12-14-23(27-3)15-13-22)17-25(28-24)21-10-6-19(2)7-11-21/h4-15,24-25H,16-17H2,1-3H3/t24-,25+. The number of rotatable bonds is 4. The highest BCUT2D eigenvalue weighted by atomic mass is 16.5. The van der Waals surface area contributed by atoms with Gasteiger partial charge in [-0.1, -0.05) is 59.7 Å². The molecule has 4 rings (SSSR count). The lowest BCUT2D eigenvalue weighted by Crippen LogP contribution is -2.40. The van der Waals surface area contributed by atoms with E-state index in [1.54, 1.807) is 7.11 Å². The quantitative estimate of drug-likeness (QED) is 0.591. The summed E-state index contributed by atoms with van der Waals surface area (Å²) in [4.78, 5) is 2.41. The van der Waals surface area contributed by atoms with Crippen molar-refractivity contribution >= 4 is 5.69 Å². The van der Waals surface area contributed by atoms with Crippen molar-refractivity contribution in [2.75, 3.05) is 25.1 Å². The highest BCUT2D eigenvalue weighted by molar-refractivity contribution is 5.50. The van der Waals surface area contributed by atoms with Gasteiger partial charge in [-0.05, 0) is 49.2 Å². The first-order chi connectivity index (χ1) is 13.6. The first kappa shape index (κ1) is 18.6. The van der Waals surface area contributed by atoms with Crippen molar-refractivity contribution in [3.05, 3.63) is 95.1 Å². The Kier molecular flexibility index (Phi) is 5.36. The summed E-state index contributed by atoms with van der Waals surface area (Å²) >= 11 is 0. The number of hydrogen-bond acceptors (Lipinski definition) is 3. The van der Waals surface area contributed by atoms with E-state index in [9.17, 15) is 0 Å². The minimum Gasteiger partial charge on any atom is -0.497 e. The summed E-state index contributed by atoms with van der Waals surface area (Å²) in [6.45, 7) is 5.89. The van der Waals surface area contributed by atoms with Crippen molar-refractivity contribution in [3.8, 4) is 5.75 Å². The van der Waals surface area contributed by atoms with E-state index in [2.05, 4.69) is 79.4 Å². The number of anilines is 1. The minimum absolute atomic E-state index is 0.0303. The molecule has 0 spiro atoms. The summed E-state index contributed by atoms with van der Waals surface area (Å²) in [7, 11) is 1.70. The molecule has 28 heavy (non-hydrogen) atoms. The predicted molar refractivity (Wildman–Crippen MR) is 114 cm³/mol. The maximum absolute atomic E-state index is 6.57. The molecule has 0 aromatic heterocycles. The van der Waals surface area contributed by atoms with Crippen LogP contribution in [0.15, 0.2) is 72.8 Å². The zero-order chi connectivity index (χ0) is 19.5. The summed E-state index contributed by atoms with van der Waals surface area (Å²) in [5.41, 5.74) is 6.17. The Morgan fingerprint density at radius 1 is 0.714 bits per heavy atom. The molecule has 3 aromatic rings. The van der Waals surface area contributed by atoms with Gasteiger partial charge in [0.1, 0.15) is 18.0 Å². The van der Waals surface area contributed by atoms with Gasteiger partial charge in [-0.2, -0.15) is 0 Å². The molecule has 144 valence electrons. The molecule has 1 aliphatic rings. The topological polar surface area (TPSA) is 21.7 Å². The third-order valence-electron chi connectivity index (χ3n) is 5.44. The van der Waals surface area contributed by atoms with Crippen molar-refractivity contribution in [2.45, 2.75) is 26.1 Å². The number of benzene rings is 3. The van der Waals surface area contributed by atoms with E-state index >= 15 is 0 Å². The highest BCUT2D eigenvalue weighted by Gasteiger charge is 2.30. The van der Waals surface area contributed by atoms with Gasteiger partial charge in [-0.3, -0.25) is 0 Å². The molecule has 3 nitrogen and oxygen atoms in total. The van der Waals surface area contributed by atoms with Gasteiger partial charge in [0.2, 0.25) is 0 Å². The first-order valence-corrected chi connectivity index (χ1v) is 9.80. The average molecular weight is 373 g/mol.